The van der Waals surface area contributed by atoms with Crippen molar-refractivity contribution in [1.82, 2.24) is 9.78 Å². The second-order valence-electron chi connectivity index (χ2n) is 3.77. The molecule has 0 spiro atoms. The number of benzene rings is 2. The number of rotatable bonds is 1. The number of hydrogen-bond donors (Lipinski definition) is 1. The summed E-state index contributed by atoms with van der Waals surface area (Å²) in [5.41, 5.74) is 1.58. The molecule has 0 saturated carbocycles. The molecular weight excluding hydrogens is 280 g/mol. The van der Waals surface area contributed by atoms with Crippen LogP contribution in [0.1, 0.15) is 0 Å². The van der Waals surface area contributed by atoms with E-state index in [1.54, 1.807) is 16.8 Å². The molecule has 17 heavy (non-hydrogen) atoms. The van der Waals surface area contributed by atoms with E-state index in [2.05, 4.69) is 21.0 Å². The van der Waals surface area contributed by atoms with E-state index in [4.69, 9.17) is 0 Å². The lowest BCUT2D eigenvalue weighted by Gasteiger charge is -2.02. The van der Waals surface area contributed by atoms with Crippen molar-refractivity contribution in [2.45, 2.75) is 0 Å². The highest BCUT2D eigenvalue weighted by Crippen LogP contribution is 2.24. The van der Waals surface area contributed by atoms with Gasteiger partial charge in [0.05, 0.1) is 5.52 Å². The highest BCUT2D eigenvalue weighted by Gasteiger charge is 2.06. The third-order valence-electron chi connectivity index (χ3n) is 2.59. The molecule has 0 amide bonds. The predicted molar refractivity (Wildman–Crippen MR) is 70.4 cm³/mol. The van der Waals surface area contributed by atoms with Crippen LogP contribution in [-0.4, -0.2) is 14.9 Å². The van der Waals surface area contributed by atoms with E-state index in [9.17, 15) is 5.11 Å². The lowest BCUT2D eigenvalue weighted by atomic mass is 10.2. The largest absolute Gasteiger partial charge is 0.506 e. The van der Waals surface area contributed by atoms with Crippen molar-refractivity contribution < 1.29 is 5.11 Å². The van der Waals surface area contributed by atoms with Gasteiger partial charge in [-0.15, -0.1) is 0 Å². The first-order chi connectivity index (χ1) is 8.24. The summed E-state index contributed by atoms with van der Waals surface area (Å²) in [6, 6.07) is 13.0. The van der Waals surface area contributed by atoms with Crippen molar-refractivity contribution in [3.63, 3.8) is 0 Å². The minimum Gasteiger partial charge on any atom is -0.506 e. The number of halogens is 1. The highest BCUT2D eigenvalue weighted by molar-refractivity contribution is 9.10. The molecule has 0 aliphatic carbocycles. The summed E-state index contributed by atoms with van der Waals surface area (Å²) in [4.78, 5) is 0. The van der Waals surface area contributed by atoms with Crippen molar-refractivity contribution in [2.75, 3.05) is 0 Å². The summed E-state index contributed by atoms with van der Waals surface area (Å²) >= 11 is 3.43. The molecule has 3 rings (SSSR count). The van der Waals surface area contributed by atoms with E-state index in [0.29, 0.717) is 5.69 Å². The maximum absolute atomic E-state index is 9.77. The van der Waals surface area contributed by atoms with Gasteiger partial charge in [-0.2, -0.15) is 5.10 Å². The van der Waals surface area contributed by atoms with Gasteiger partial charge in [-0.05, 0) is 30.3 Å². The lowest BCUT2D eigenvalue weighted by Crippen LogP contribution is -1.93. The van der Waals surface area contributed by atoms with Crippen LogP contribution in [0.4, 0.5) is 0 Å². The Morgan fingerprint density at radius 1 is 1.12 bits per heavy atom. The zero-order chi connectivity index (χ0) is 11.8. The fourth-order valence-electron chi connectivity index (χ4n) is 1.78. The first-order valence-corrected chi connectivity index (χ1v) is 5.97. The van der Waals surface area contributed by atoms with Gasteiger partial charge in [-0.25, -0.2) is 4.68 Å². The molecule has 3 nitrogen and oxygen atoms in total. The fraction of sp³-hybridized carbons (Fsp3) is 0. The summed E-state index contributed by atoms with van der Waals surface area (Å²) in [5, 5.41) is 15.2. The first-order valence-electron chi connectivity index (χ1n) is 5.17. The molecule has 84 valence electrons. The molecule has 0 aliphatic heterocycles. The third-order valence-corrected chi connectivity index (χ3v) is 3.09. The zero-order valence-corrected chi connectivity index (χ0v) is 10.4. The molecule has 1 heterocycles. The van der Waals surface area contributed by atoms with Gasteiger partial charge in [0.25, 0.3) is 0 Å². The summed E-state index contributed by atoms with van der Waals surface area (Å²) in [6.45, 7) is 0. The normalized spacial score (nSPS) is 10.9. The van der Waals surface area contributed by atoms with Crippen LogP contribution in [0.3, 0.4) is 0 Å². The molecule has 1 aromatic heterocycles. The van der Waals surface area contributed by atoms with Gasteiger partial charge in [0.15, 0.2) is 0 Å². The van der Waals surface area contributed by atoms with Crippen LogP contribution < -0.4 is 0 Å². The smallest absolute Gasteiger partial charge is 0.141 e. The number of aromatic nitrogens is 2. The van der Waals surface area contributed by atoms with E-state index >= 15 is 0 Å². The van der Waals surface area contributed by atoms with Crippen molar-refractivity contribution in [3.8, 4) is 11.4 Å². The van der Waals surface area contributed by atoms with Gasteiger partial charge in [0.1, 0.15) is 11.4 Å². The molecular formula is C13H9BrN2O. The predicted octanol–water partition coefficient (Wildman–Crippen LogP) is 3.49. The van der Waals surface area contributed by atoms with Gasteiger partial charge >= 0.3 is 0 Å². The summed E-state index contributed by atoms with van der Waals surface area (Å²) in [5.74, 6) is 0.222. The first kappa shape index (κ1) is 10.4. The second-order valence-corrected chi connectivity index (χ2v) is 4.68. The molecule has 0 saturated heterocycles. The molecule has 2 aromatic carbocycles. The molecule has 1 N–H and O–H groups in total. The molecule has 3 aromatic rings. The Bertz CT molecular complexity index is 691. The number of para-hydroxylation sites is 2. The molecule has 0 atom stereocenters. The Balaban J connectivity index is 2.22. The zero-order valence-electron chi connectivity index (χ0n) is 8.84. The van der Waals surface area contributed by atoms with E-state index < -0.39 is 0 Å². The van der Waals surface area contributed by atoms with Gasteiger partial charge in [-0.1, -0.05) is 28.1 Å². The van der Waals surface area contributed by atoms with Crippen molar-refractivity contribution in [3.05, 3.63) is 53.1 Å². The average Bonchev–Trinajstić information content (AvgIpc) is 2.72. The quantitative estimate of drug-likeness (QED) is 0.744. The van der Waals surface area contributed by atoms with Crippen LogP contribution in [0.2, 0.25) is 0 Å². The van der Waals surface area contributed by atoms with Crippen molar-refractivity contribution in [2.24, 2.45) is 0 Å². The van der Waals surface area contributed by atoms with E-state index in [-0.39, 0.29) is 5.75 Å². The number of phenols is 1. The number of aromatic hydroxyl groups is 1. The van der Waals surface area contributed by atoms with Crippen LogP contribution in [-0.2, 0) is 0 Å². The number of phenolic OH excluding ortho intramolecular Hbond substituents is 1. The molecule has 4 heteroatoms. The monoisotopic (exact) mass is 288 g/mol. The maximum atomic E-state index is 9.77. The minimum atomic E-state index is 0.222. The number of fused-ring (bicyclic) bond motifs is 1. The van der Waals surface area contributed by atoms with Crippen LogP contribution >= 0.6 is 15.9 Å². The fourth-order valence-corrected chi connectivity index (χ4v) is 2.16. The maximum Gasteiger partial charge on any atom is 0.141 e. The molecule has 0 fully saturated rings. The Labute approximate surface area is 106 Å². The van der Waals surface area contributed by atoms with Crippen LogP contribution in [0.15, 0.2) is 53.1 Å². The number of hydrogen-bond acceptors (Lipinski definition) is 2. The molecule has 0 radical (unpaired) electrons. The standard InChI is InChI=1S/C13H9BrN2O/c14-10-5-6-11-9(7-10)8-16(15-11)12-3-1-2-4-13(12)17/h1-8,17H. The summed E-state index contributed by atoms with van der Waals surface area (Å²) < 4.78 is 2.70. The van der Waals surface area contributed by atoms with Gasteiger partial charge in [-0.3, -0.25) is 0 Å². The van der Waals surface area contributed by atoms with Gasteiger partial charge in [0, 0.05) is 16.1 Å². The Kier molecular flexibility index (Phi) is 2.37. The van der Waals surface area contributed by atoms with Gasteiger partial charge in [0.2, 0.25) is 0 Å². The Morgan fingerprint density at radius 2 is 1.94 bits per heavy atom. The van der Waals surface area contributed by atoms with Crippen LogP contribution in [0, 0.1) is 0 Å². The third kappa shape index (κ3) is 1.80. The summed E-state index contributed by atoms with van der Waals surface area (Å²) in [6.07, 6.45) is 1.90. The SMILES string of the molecule is Oc1ccccc1-n1cc2cc(Br)ccc2n1. The average molecular weight is 289 g/mol. The van der Waals surface area contributed by atoms with E-state index in [0.717, 1.165) is 15.4 Å². The minimum absolute atomic E-state index is 0.222. The van der Waals surface area contributed by atoms with E-state index in [1.807, 2.05) is 36.5 Å². The van der Waals surface area contributed by atoms with Crippen LogP contribution in [0.25, 0.3) is 16.6 Å². The molecule has 0 aliphatic rings. The van der Waals surface area contributed by atoms with E-state index in [1.165, 1.54) is 0 Å². The Hall–Kier alpha value is -1.81. The topological polar surface area (TPSA) is 38.0 Å². The second kappa shape index (κ2) is 3.89. The summed E-state index contributed by atoms with van der Waals surface area (Å²) in [7, 11) is 0. The van der Waals surface area contributed by atoms with Crippen molar-refractivity contribution in [1.29, 1.82) is 0 Å². The Morgan fingerprint density at radius 3 is 2.76 bits per heavy atom. The molecule has 0 bridgehead atoms. The lowest BCUT2D eigenvalue weighted by molar-refractivity contribution is 0.470. The van der Waals surface area contributed by atoms with Crippen molar-refractivity contribution >= 4 is 26.8 Å². The molecule has 0 unspecified atom stereocenters. The van der Waals surface area contributed by atoms with Gasteiger partial charge < -0.3 is 5.11 Å². The highest BCUT2D eigenvalue weighted by atomic mass is 79.9. The number of nitrogens with zero attached hydrogens (tertiary/aromatic N) is 2. The van der Waals surface area contributed by atoms with Crippen LogP contribution in [0.5, 0.6) is 5.75 Å².